The van der Waals surface area contributed by atoms with E-state index < -0.39 is 22.6 Å². The van der Waals surface area contributed by atoms with Crippen LogP contribution in [0.25, 0.3) is 0 Å². The molecule has 1 N–H and O–H groups in total. The Morgan fingerprint density at radius 2 is 1.29 bits per heavy atom. The Labute approximate surface area is 174 Å². The molecule has 2 rings (SSSR count). The molecule has 2 saturated carbocycles. The Balaban J connectivity index is 2.37. The van der Waals surface area contributed by atoms with Crippen LogP contribution >= 0.6 is 0 Å². The van der Waals surface area contributed by atoms with Gasteiger partial charge in [0.1, 0.15) is 0 Å². The van der Waals surface area contributed by atoms with Gasteiger partial charge >= 0.3 is 5.97 Å². The molecule has 162 valence electrons. The minimum atomic E-state index is -1.95. The van der Waals surface area contributed by atoms with Crippen molar-refractivity contribution in [2.45, 2.75) is 116 Å². The molecule has 2 atom stereocenters. The average molecular weight is 427 g/mol. The number of rotatable bonds is 5. The van der Waals surface area contributed by atoms with Gasteiger partial charge in [0.15, 0.2) is 16.6 Å². The fraction of sp³-hybridized carbons (Fsp3) is 0.864. The lowest BCUT2D eigenvalue weighted by Crippen LogP contribution is -2.54. The zero-order valence-corrected chi connectivity index (χ0v) is 21.7. The zero-order valence-electron chi connectivity index (χ0n) is 19.7. The average Bonchev–Trinajstić information content (AvgIpc) is 3.22. The Kier molecular flexibility index (Phi) is 6.27. The molecule has 0 aromatic heterocycles. The van der Waals surface area contributed by atoms with Gasteiger partial charge < -0.3 is 14.0 Å². The molecule has 2 fully saturated rings. The lowest BCUT2D eigenvalue weighted by atomic mass is 9.78. The van der Waals surface area contributed by atoms with E-state index in [1.165, 1.54) is 6.08 Å². The molecule has 4 nitrogen and oxygen atoms in total. The van der Waals surface area contributed by atoms with Crippen LogP contribution in [0.5, 0.6) is 0 Å². The van der Waals surface area contributed by atoms with E-state index in [9.17, 15) is 9.90 Å². The topological polar surface area (TPSA) is 55.8 Å². The molecule has 0 heterocycles. The summed E-state index contributed by atoms with van der Waals surface area (Å²) in [5.41, 5.74) is 1.04. The summed E-state index contributed by atoms with van der Waals surface area (Å²) in [5, 5.41) is 9.63. The molecular formula is C22H42O4Si2. The monoisotopic (exact) mass is 426 g/mol. The number of hydrogen-bond donors (Lipinski definition) is 1. The first-order chi connectivity index (χ1) is 12.4. The zero-order chi connectivity index (χ0) is 21.8. The second-order valence-electron chi connectivity index (χ2n) is 12.0. The lowest BCUT2D eigenvalue weighted by Gasteiger charge is -2.49. The third-order valence-corrected chi connectivity index (χ3v) is 16.8. The second-order valence-corrected chi connectivity index (χ2v) is 21.5. The minimum Gasteiger partial charge on any atom is -0.478 e. The molecule has 0 saturated heterocycles. The van der Waals surface area contributed by atoms with Crippen molar-refractivity contribution in [3.8, 4) is 0 Å². The number of carboxylic acid groups (broad SMARTS) is 1. The molecule has 2 aliphatic carbocycles. The van der Waals surface area contributed by atoms with Crippen molar-refractivity contribution in [3.63, 3.8) is 0 Å². The first-order valence-corrected chi connectivity index (χ1v) is 16.5. The van der Waals surface area contributed by atoms with E-state index in [0.717, 1.165) is 31.3 Å². The molecule has 2 aliphatic rings. The molecule has 0 amide bonds. The van der Waals surface area contributed by atoms with Crippen LogP contribution in [0.15, 0.2) is 11.6 Å². The summed E-state index contributed by atoms with van der Waals surface area (Å²) in [4.78, 5) is 11.4. The van der Waals surface area contributed by atoms with Crippen LogP contribution in [0.4, 0.5) is 0 Å². The van der Waals surface area contributed by atoms with Crippen LogP contribution in [0.3, 0.4) is 0 Å². The van der Waals surface area contributed by atoms with Gasteiger partial charge in [-0.25, -0.2) is 4.79 Å². The molecule has 1 spiro atoms. The maximum atomic E-state index is 11.4. The summed E-state index contributed by atoms with van der Waals surface area (Å²) in [6, 6.07) is 0. The van der Waals surface area contributed by atoms with E-state index >= 15 is 0 Å². The van der Waals surface area contributed by atoms with Crippen LogP contribution in [-0.4, -0.2) is 39.9 Å². The van der Waals surface area contributed by atoms with E-state index in [1.807, 2.05) is 0 Å². The Morgan fingerprint density at radius 1 is 0.929 bits per heavy atom. The van der Waals surface area contributed by atoms with Crippen molar-refractivity contribution >= 4 is 22.6 Å². The molecule has 0 radical (unpaired) electrons. The highest BCUT2D eigenvalue weighted by molar-refractivity contribution is 6.74. The van der Waals surface area contributed by atoms with Gasteiger partial charge in [0, 0.05) is 11.5 Å². The Morgan fingerprint density at radius 3 is 1.54 bits per heavy atom. The van der Waals surface area contributed by atoms with Crippen molar-refractivity contribution in [3.05, 3.63) is 11.6 Å². The smallest absolute Gasteiger partial charge is 0.328 e. The minimum absolute atomic E-state index is 0.0703. The summed E-state index contributed by atoms with van der Waals surface area (Å²) in [5.74, 6) is -0.862. The maximum absolute atomic E-state index is 11.4. The Bertz CT molecular complexity index is 592. The van der Waals surface area contributed by atoms with Gasteiger partial charge in [-0.3, -0.25) is 0 Å². The normalized spacial score (nSPS) is 25.7. The van der Waals surface area contributed by atoms with E-state index in [0.29, 0.717) is 0 Å². The third kappa shape index (κ3) is 4.82. The highest BCUT2D eigenvalue weighted by Crippen LogP contribution is 2.61. The van der Waals surface area contributed by atoms with Gasteiger partial charge in [-0.1, -0.05) is 47.1 Å². The highest BCUT2D eigenvalue weighted by Gasteiger charge is 2.61. The summed E-state index contributed by atoms with van der Waals surface area (Å²) >= 11 is 0. The van der Waals surface area contributed by atoms with Gasteiger partial charge in [-0.05, 0) is 61.9 Å². The van der Waals surface area contributed by atoms with Crippen LogP contribution in [0.1, 0.15) is 67.2 Å². The van der Waals surface area contributed by atoms with Crippen molar-refractivity contribution < 1.29 is 18.8 Å². The number of aliphatic carboxylic acids is 1. The molecule has 28 heavy (non-hydrogen) atoms. The molecule has 0 bridgehead atoms. The van der Waals surface area contributed by atoms with Gasteiger partial charge in [0.25, 0.3) is 0 Å². The predicted octanol–water partition coefficient (Wildman–Crippen LogP) is 6.35. The van der Waals surface area contributed by atoms with Crippen molar-refractivity contribution in [1.29, 1.82) is 0 Å². The second kappa shape index (κ2) is 7.36. The highest BCUT2D eigenvalue weighted by atomic mass is 28.4. The van der Waals surface area contributed by atoms with E-state index in [1.54, 1.807) is 0 Å². The van der Waals surface area contributed by atoms with Crippen molar-refractivity contribution in [2.75, 3.05) is 0 Å². The van der Waals surface area contributed by atoms with E-state index in [-0.39, 0.29) is 27.7 Å². The summed E-state index contributed by atoms with van der Waals surface area (Å²) in [6.07, 6.45) is 5.27. The molecule has 0 aromatic carbocycles. The van der Waals surface area contributed by atoms with Crippen LogP contribution in [-0.2, 0) is 13.6 Å². The predicted molar refractivity (Wildman–Crippen MR) is 121 cm³/mol. The molecule has 0 unspecified atom stereocenters. The maximum Gasteiger partial charge on any atom is 0.328 e. The van der Waals surface area contributed by atoms with Crippen LogP contribution in [0.2, 0.25) is 36.3 Å². The first-order valence-electron chi connectivity index (χ1n) is 10.7. The van der Waals surface area contributed by atoms with Crippen molar-refractivity contribution in [2.24, 2.45) is 5.41 Å². The number of hydrogen-bond acceptors (Lipinski definition) is 3. The molecular weight excluding hydrogens is 384 g/mol. The number of carboxylic acids is 1. The molecule has 0 aliphatic heterocycles. The van der Waals surface area contributed by atoms with Crippen LogP contribution < -0.4 is 0 Å². The largest absolute Gasteiger partial charge is 0.478 e. The fourth-order valence-electron chi connectivity index (χ4n) is 3.64. The van der Waals surface area contributed by atoms with Crippen molar-refractivity contribution in [1.82, 2.24) is 0 Å². The number of carbonyl (C=O) groups is 1. The van der Waals surface area contributed by atoms with Gasteiger partial charge in [0.05, 0.1) is 12.2 Å². The third-order valence-electron chi connectivity index (χ3n) is 7.82. The van der Waals surface area contributed by atoms with Crippen LogP contribution in [0, 0.1) is 5.41 Å². The SMILES string of the molecule is CC(C)(C)[Si](C)(C)O[C@@H]1CC(=CC(=O)O)C[C@@H](O[Si](C)(C)C(C)(C)C)C12CC2. The molecule has 0 aromatic rings. The molecule has 6 heteroatoms. The fourth-order valence-corrected chi connectivity index (χ4v) is 6.40. The van der Waals surface area contributed by atoms with E-state index in [2.05, 4.69) is 67.7 Å². The summed E-state index contributed by atoms with van der Waals surface area (Å²) < 4.78 is 13.8. The quantitative estimate of drug-likeness (QED) is 0.411. The van der Waals surface area contributed by atoms with Gasteiger partial charge in [-0.2, -0.15) is 0 Å². The standard InChI is InChI=1S/C22H42O4Si2/c1-20(2,3)27(7,8)25-17-13-16(15-19(23)24)14-18(22(17)11-12-22)26-28(9,10)21(4,5)6/h15,17-18H,11-14H2,1-10H3,(H,23,24)/t17-,18-/m1/s1. The van der Waals surface area contributed by atoms with E-state index in [4.69, 9.17) is 8.85 Å². The Hall–Kier alpha value is -0.436. The summed E-state index contributed by atoms with van der Waals surface area (Å²) in [6.45, 7) is 22.8. The van der Waals surface area contributed by atoms with Gasteiger partial charge in [0.2, 0.25) is 0 Å². The first kappa shape index (κ1) is 23.8. The van der Waals surface area contributed by atoms with Gasteiger partial charge in [-0.15, -0.1) is 0 Å². The lowest BCUT2D eigenvalue weighted by molar-refractivity contribution is -0.131. The summed E-state index contributed by atoms with van der Waals surface area (Å²) in [7, 11) is -3.91.